The van der Waals surface area contributed by atoms with Gasteiger partial charge in [0.2, 0.25) is 21.8 Å². The van der Waals surface area contributed by atoms with Crippen molar-refractivity contribution in [3.63, 3.8) is 0 Å². The number of hydrogen-bond donors (Lipinski definition) is 3. The first-order valence-corrected chi connectivity index (χ1v) is 10.8. The zero-order valence-electron chi connectivity index (χ0n) is 15.3. The molecule has 0 unspecified atom stereocenters. The molecule has 2 amide bonds. The molecule has 1 aliphatic rings. The molecule has 7 nitrogen and oxygen atoms in total. The minimum Gasteiger partial charge on any atom is -0.324 e. The number of carbonyl (C=O) groups excluding carboxylic acids is 2. The number of sulfonamides is 1. The van der Waals surface area contributed by atoms with Crippen LogP contribution < -0.4 is 15.4 Å². The third-order valence-electron chi connectivity index (χ3n) is 4.40. The maximum absolute atomic E-state index is 12.5. The molecule has 2 rings (SSSR count). The Hall–Kier alpha value is -1.93. The van der Waals surface area contributed by atoms with Crippen LogP contribution in [0.4, 0.5) is 11.4 Å². The highest BCUT2D eigenvalue weighted by Crippen LogP contribution is 2.28. The van der Waals surface area contributed by atoms with E-state index < -0.39 is 10.0 Å². The summed E-state index contributed by atoms with van der Waals surface area (Å²) in [5.74, 6) is -0.310. The SMILES string of the molecule is Cc1ccc(NC(=O)C2CCCCC2)c(NC(=O)CCNS(C)(=O)=O)c1. The minimum atomic E-state index is -3.32. The molecule has 144 valence electrons. The maximum atomic E-state index is 12.5. The molecule has 1 saturated carbocycles. The van der Waals surface area contributed by atoms with E-state index in [1.807, 2.05) is 13.0 Å². The van der Waals surface area contributed by atoms with Gasteiger partial charge >= 0.3 is 0 Å². The third-order valence-corrected chi connectivity index (χ3v) is 5.13. The van der Waals surface area contributed by atoms with Crippen LogP contribution in [0, 0.1) is 12.8 Å². The topological polar surface area (TPSA) is 104 Å². The Labute approximate surface area is 155 Å². The van der Waals surface area contributed by atoms with E-state index in [1.54, 1.807) is 12.1 Å². The summed E-state index contributed by atoms with van der Waals surface area (Å²) in [5.41, 5.74) is 2.04. The average molecular weight is 381 g/mol. The van der Waals surface area contributed by atoms with Crippen LogP contribution in [-0.4, -0.2) is 33.0 Å². The number of rotatable bonds is 7. The molecule has 3 N–H and O–H groups in total. The van der Waals surface area contributed by atoms with Crippen LogP contribution in [0.3, 0.4) is 0 Å². The van der Waals surface area contributed by atoms with Gasteiger partial charge in [0.25, 0.3) is 0 Å². The van der Waals surface area contributed by atoms with Crippen LogP contribution in [0.25, 0.3) is 0 Å². The van der Waals surface area contributed by atoms with E-state index in [9.17, 15) is 18.0 Å². The Bertz CT molecular complexity index is 756. The van der Waals surface area contributed by atoms with E-state index >= 15 is 0 Å². The van der Waals surface area contributed by atoms with E-state index in [0.29, 0.717) is 11.4 Å². The Kier molecular flexibility index (Phi) is 7.16. The molecule has 0 spiro atoms. The van der Waals surface area contributed by atoms with E-state index in [-0.39, 0.29) is 30.7 Å². The number of nitrogens with one attached hydrogen (secondary N) is 3. The van der Waals surface area contributed by atoms with Gasteiger partial charge in [0.1, 0.15) is 0 Å². The first-order chi connectivity index (χ1) is 12.2. The lowest BCUT2D eigenvalue weighted by Gasteiger charge is -2.22. The van der Waals surface area contributed by atoms with E-state index in [1.165, 1.54) is 6.42 Å². The maximum Gasteiger partial charge on any atom is 0.227 e. The summed E-state index contributed by atoms with van der Waals surface area (Å²) in [5, 5.41) is 5.69. The van der Waals surface area contributed by atoms with Gasteiger partial charge in [0, 0.05) is 18.9 Å². The van der Waals surface area contributed by atoms with Crippen molar-refractivity contribution >= 4 is 33.2 Å². The van der Waals surface area contributed by atoms with Gasteiger partial charge in [-0.2, -0.15) is 0 Å². The standard InChI is InChI=1S/C18H27N3O4S/c1-13-8-9-15(21-18(23)14-6-4-3-5-7-14)16(12-13)20-17(22)10-11-19-26(2,24)25/h8-9,12,14,19H,3-7,10-11H2,1-2H3,(H,20,22)(H,21,23). The van der Waals surface area contributed by atoms with Crippen molar-refractivity contribution in [2.24, 2.45) is 5.92 Å². The number of benzene rings is 1. The van der Waals surface area contributed by atoms with Crippen LogP contribution in [0.15, 0.2) is 18.2 Å². The number of aryl methyl sites for hydroxylation is 1. The molecule has 1 aromatic rings. The Morgan fingerprint density at radius 2 is 1.77 bits per heavy atom. The molecule has 1 fully saturated rings. The lowest BCUT2D eigenvalue weighted by atomic mass is 9.88. The van der Waals surface area contributed by atoms with Gasteiger partial charge in [-0.15, -0.1) is 0 Å². The predicted octanol–water partition coefficient (Wildman–Crippen LogP) is 2.39. The quantitative estimate of drug-likeness (QED) is 0.674. The fourth-order valence-electron chi connectivity index (χ4n) is 3.03. The molecular formula is C18H27N3O4S. The van der Waals surface area contributed by atoms with Crippen molar-refractivity contribution in [1.82, 2.24) is 4.72 Å². The van der Waals surface area contributed by atoms with Gasteiger partial charge in [-0.1, -0.05) is 25.3 Å². The number of hydrogen-bond acceptors (Lipinski definition) is 4. The molecule has 0 aliphatic heterocycles. The van der Waals surface area contributed by atoms with Gasteiger partial charge in [0.15, 0.2) is 0 Å². The predicted molar refractivity (Wildman–Crippen MR) is 102 cm³/mol. The zero-order valence-corrected chi connectivity index (χ0v) is 16.1. The zero-order chi connectivity index (χ0) is 19.2. The molecule has 1 aromatic carbocycles. The molecule has 0 bridgehead atoms. The molecule has 0 atom stereocenters. The molecule has 0 radical (unpaired) electrons. The van der Waals surface area contributed by atoms with Gasteiger partial charge < -0.3 is 10.6 Å². The highest BCUT2D eigenvalue weighted by Gasteiger charge is 2.22. The summed E-state index contributed by atoms with van der Waals surface area (Å²) in [6, 6.07) is 5.44. The van der Waals surface area contributed by atoms with Crippen LogP contribution in [0.2, 0.25) is 0 Å². The Morgan fingerprint density at radius 1 is 1.08 bits per heavy atom. The van der Waals surface area contributed by atoms with Crippen LogP contribution in [-0.2, 0) is 19.6 Å². The van der Waals surface area contributed by atoms with Crippen molar-refractivity contribution in [3.05, 3.63) is 23.8 Å². The van der Waals surface area contributed by atoms with Gasteiger partial charge in [-0.25, -0.2) is 13.1 Å². The van der Waals surface area contributed by atoms with Crippen molar-refractivity contribution in [3.8, 4) is 0 Å². The fourth-order valence-corrected chi connectivity index (χ4v) is 3.51. The first-order valence-electron chi connectivity index (χ1n) is 8.90. The second-order valence-corrected chi connectivity index (χ2v) is 8.67. The number of amides is 2. The highest BCUT2D eigenvalue weighted by molar-refractivity contribution is 7.88. The van der Waals surface area contributed by atoms with Crippen LogP contribution in [0.5, 0.6) is 0 Å². The van der Waals surface area contributed by atoms with E-state index in [2.05, 4.69) is 15.4 Å². The first kappa shape index (κ1) is 20.4. The highest BCUT2D eigenvalue weighted by atomic mass is 32.2. The van der Waals surface area contributed by atoms with Gasteiger partial charge in [-0.3, -0.25) is 9.59 Å². The molecule has 0 saturated heterocycles. The third kappa shape index (κ3) is 6.76. The summed E-state index contributed by atoms with van der Waals surface area (Å²) in [7, 11) is -3.32. The summed E-state index contributed by atoms with van der Waals surface area (Å²) in [6.07, 6.45) is 6.18. The summed E-state index contributed by atoms with van der Waals surface area (Å²) < 4.78 is 24.4. The molecule has 26 heavy (non-hydrogen) atoms. The smallest absolute Gasteiger partial charge is 0.227 e. The van der Waals surface area contributed by atoms with Gasteiger partial charge in [-0.05, 0) is 37.5 Å². The lowest BCUT2D eigenvalue weighted by Crippen LogP contribution is -2.27. The van der Waals surface area contributed by atoms with E-state index in [0.717, 1.165) is 37.5 Å². The summed E-state index contributed by atoms with van der Waals surface area (Å²) in [6.45, 7) is 1.92. The fraction of sp³-hybridized carbons (Fsp3) is 0.556. The number of carbonyl (C=O) groups is 2. The Balaban J connectivity index is 1.99. The average Bonchev–Trinajstić information content (AvgIpc) is 2.57. The van der Waals surface area contributed by atoms with Crippen LogP contribution in [0.1, 0.15) is 44.1 Å². The largest absolute Gasteiger partial charge is 0.324 e. The van der Waals surface area contributed by atoms with Crippen molar-refractivity contribution in [2.75, 3.05) is 23.4 Å². The molecular weight excluding hydrogens is 354 g/mol. The van der Waals surface area contributed by atoms with Gasteiger partial charge in [0.05, 0.1) is 17.6 Å². The monoisotopic (exact) mass is 381 g/mol. The second kappa shape index (κ2) is 9.14. The number of anilines is 2. The van der Waals surface area contributed by atoms with Crippen LogP contribution >= 0.6 is 0 Å². The van der Waals surface area contributed by atoms with Crippen molar-refractivity contribution in [2.45, 2.75) is 45.4 Å². The molecule has 0 aromatic heterocycles. The molecule has 1 aliphatic carbocycles. The molecule has 8 heteroatoms. The van der Waals surface area contributed by atoms with E-state index in [4.69, 9.17) is 0 Å². The Morgan fingerprint density at radius 3 is 2.42 bits per heavy atom. The lowest BCUT2D eigenvalue weighted by molar-refractivity contribution is -0.120. The van der Waals surface area contributed by atoms with Crippen molar-refractivity contribution in [1.29, 1.82) is 0 Å². The summed E-state index contributed by atoms with van der Waals surface area (Å²) >= 11 is 0. The summed E-state index contributed by atoms with van der Waals surface area (Å²) in [4.78, 5) is 24.6. The second-order valence-electron chi connectivity index (χ2n) is 6.84. The molecule has 0 heterocycles. The normalized spacial score (nSPS) is 15.5. The minimum absolute atomic E-state index is 0.0109. The van der Waals surface area contributed by atoms with Crippen molar-refractivity contribution < 1.29 is 18.0 Å².